The van der Waals surface area contributed by atoms with Gasteiger partial charge in [-0.3, -0.25) is 4.79 Å². The van der Waals surface area contributed by atoms with Gasteiger partial charge >= 0.3 is 0 Å². The minimum Gasteiger partial charge on any atom is -0.474 e. The number of ether oxygens (including phenoxy) is 1. The topological polar surface area (TPSA) is 78.9 Å². The number of amides is 1. The Bertz CT molecular complexity index is 597. The number of rotatable bonds is 7. The highest BCUT2D eigenvalue weighted by Gasteiger charge is 2.15. The normalized spacial score (nSPS) is 15.4. The van der Waals surface area contributed by atoms with Gasteiger partial charge in [-0.05, 0) is 44.2 Å². The van der Waals surface area contributed by atoms with Crippen molar-refractivity contribution >= 4 is 11.9 Å². The number of carbonyl (C=O) groups is 1. The third kappa shape index (κ3) is 6.90. The molecule has 1 heterocycles. The van der Waals surface area contributed by atoms with Gasteiger partial charge in [-0.25, -0.2) is 9.98 Å². The Morgan fingerprint density at radius 3 is 2.77 bits per heavy atom. The average Bonchev–Trinajstić information content (AvgIpc) is 2.65. The molecule has 0 radical (unpaired) electrons. The number of guanidine groups is 1. The molecule has 0 atom stereocenters. The smallest absolute Gasteiger partial charge is 0.241 e. The van der Waals surface area contributed by atoms with E-state index >= 15 is 0 Å². The second-order valence-electron chi connectivity index (χ2n) is 6.72. The number of nitrogens with zero attached hydrogens (tertiary/aromatic N) is 3. The monoisotopic (exact) mass is 361 g/mol. The number of aromatic nitrogens is 1. The first-order valence-corrected chi connectivity index (χ1v) is 9.42. The first-order valence-electron chi connectivity index (χ1n) is 9.42. The minimum absolute atomic E-state index is 0.00248. The predicted molar refractivity (Wildman–Crippen MR) is 103 cm³/mol. The maximum absolute atomic E-state index is 11.7. The summed E-state index contributed by atoms with van der Waals surface area (Å²) in [5.74, 6) is 1.29. The van der Waals surface area contributed by atoms with Crippen molar-refractivity contribution in [2.75, 3.05) is 27.2 Å². The summed E-state index contributed by atoms with van der Waals surface area (Å²) in [5.41, 5.74) is 1.03. The van der Waals surface area contributed by atoms with Crippen LogP contribution in [0, 0.1) is 0 Å². The number of pyridine rings is 1. The van der Waals surface area contributed by atoms with Crippen LogP contribution in [0.4, 0.5) is 0 Å². The third-order valence-electron chi connectivity index (χ3n) is 4.31. The fraction of sp³-hybridized carbons (Fsp3) is 0.632. The van der Waals surface area contributed by atoms with Crippen molar-refractivity contribution in [1.82, 2.24) is 20.5 Å². The van der Waals surface area contributed by atoms with Crippen molar-refractivity contribution in [3.63, 3.8) is 0 Å². The summed E-state index contributed by atoms with van der Waals surface area (Å²) in [6.45, 7) is 3.43. The van der Waals surface area contributed by atoms with E-state index in [1.54, 1.807) is 25.2 Å². The first-order chi connectivity index (χ1) is 12.6. The predicted octanol–water partition coefficient (Wildman–Crippen LogP) is 1.94. The molecule has 0 unspecified atom stereocenters. The van der Waals surface area contributed by atoms with E-state index < -0.39 is 0 Å². The van der Waals surface area contributed by atoms with Crippen molar-refractivity contribution in [2.24, 2.45) is 4.99 Å². The molecule has 7 heteroatoms. The van der Waals surface area contributed by atoms with Gasteiger partial charge in [0.15, 0.2) is 5.96 Å². The highest BCUT2D eigenvalue weighted by Crippen LogP contribution is 2.22. The fourth-order valence-electron chi connectivity index (χ4n) is 2.80. The number of likely N-dealkylation sites (N-methyl/N-ethyl adjacent to an activating group) is 1. The zero-order valence-electron chi connectivity index (χ0n) is 16.1. The van der Waals surface area contributed by atoms with Gasteiger partial charge in [0, 0.05) is 32.9 Å². The molecule has 1 fully saturated rings. The SMILES string of the molecule is CCNC(=NCc1ccnc(OC2CCCCC2)c1)NCC(=O)N(C)C. The Morgan fingerprint density at radius 1 is 1.31 bits per heavy atom. The van der Waals surface area contributed by atoms with Crippen LogP contribution < -0.4 is 15.4 Å². The Morgan fingerprint density at radius 2 is 2.08 bits per heavy atom. The van der Waals surface area contributed by atoms with E-state index in [1.165, 1.54) is 19.3 Å². The van der Waals surface area contributed by atoms with E-state index in [-0.39, 0.29) is 18.6 Å². The molecule has 0 aliphatic heterocycles. The molecule has 0 aromatic carbocycles. The minimum atomic E-state index is 0.00248. The molecule has 2 rings (SSSR count). The van der Waals surface area contributed by atoms with Crippen molar-refractivity contribution < 1.29 is 9.53 Å². The highest BCUT2D eigenvalue weighted by atomic mass is 16.5. The molecule has 0 spiro atoms. The van der Waals surface area contributed by atoms with Gasteiger partial charge in [0.1, 0.15) is 6.10 Å². The molecule has 7 nitrogen and oxygen atoms in total. The second kappa shape index (κ2) is 10.6. The van der Waals surface area contributed by atoms with Crippen LogP contribution in [0.3, 0.4) is 0 Å². The van der Waals surface area contributed by atoms with Crippen LogP contribution >= 0.6 is 0 Å². The molecule has 1 amide bonds. The van der Waals surface area contributed by atoms with Crippen LogP contribution in [0.5, 0.6) is 5.88 Å². The molecule has 1 aromatic heterocycles. The summed E-state index contributed by atoms with van der Waals surface area (Å²) in [4.78, 5) is 22.1. The number of nitrogens with one attached hydrogen (secondary N) is 2. The molecule has 144 valence electrons. The molecule has 0 saturated heterocycles. The first kappa shape index (κ1) is 20.0. The molecule has 1 saturated carbocycles. The molecule has 1 aromatic rings. The summed E-state index contributed by atoms with van der Waals surface area (Å²) in [6, 6.07) is 3.89. The van der Waals surface area contributed by atoms with Crippen molar-refractivity contribution in [3.05, 3.63) is 23.9 Å². The van der Waals surface area contributed by atoms with Gasteiger partial charge in [-0.1, -0.05) is 6.42 Å². The number of hydrogen-bond acceptors (Lipinski definition) is 4. The van der Waals surface area contributed by atoms with E-state index in [0.717, 1.165) is 24.9 Å². The van der Waals surface area contributed by atoms with E-state index in [2.05, 4.69) is 20.6 Å². The maximum atomic E-state index is 11.7. The molecule has 1 aliphatic rings. The van der Waals surface area contributed by atoms with Crippen molar-refractivity contribution in [1.29, 1.82) is 0 Å². The van der Waals surface area contributed by atoms with Gasteiger partial charge in [0.2, 0.25) is 11.8 Å². The zero-order chi connectivity index (χ0) is 18.8. The lowest BCUT2D eigenvalue weighted by Gasteiger charge is -2.22. The van der Waals surface area contributed by atoms with Crippen molar-refractivity contribution in [2.45, 2.75) is 51.7 Å². The summed E-state index contributed by atoms with van der Waals surface area (Å²) >= 11 is 0. The molecule has 26 heavy (non-hydrogen) atoms. The van der Waals surface area contributed by atoms with Crippen LogP contribution in [0.15, 0.2) is 23.3 Å². The van der Waals surface area contributed by atoms with E-state index in [9.17, 15) is 4.79 Å². The largest absolute Gasteiger partial charge is 0.474 e. The van der Waals surface area contributed by atoms with Crippen LogP contribution in [-0.2, 0) is 11.3 Å². The fourth-order valence-corrected chi connectivity index (χ4v) is 2.80. The quantitative estimate of drug-likeness (QED) is 0.573. The third-order valence-corrected chi connectivity index (χ3v) is 4.31. The van der Waals surface area contributed by atoms with Crippen LogP contribution in [0.1, 0.15) is 44.6 Å². The molecule has 1 aliphatic carbocycles. The number of aliphatic imine (C=N–C) groups is 1. The van der Waals surface area contributed by atoms with Gasteiger partial charge in [0.25, 0.3) is 0 Å². The van der Waals surface area contributed by atoms with Crippen LogP contribution in [0.2, 0.25) is 0 Å². The van der Waals surface area contributed by atoms with Gasteiger partial charge < -0.3 is 20.3 Å². The lowest BCUT2D eigenvalue weighted by Crippen LogP contribution is -2.42. The number of carbonyl (C=O) groups excluding carboxylic acids is 1. The Hall–Kier alpha value is -2.31. The lowest BCUT2D eigenvalue weighted by molar-refractivity contribution is -0.127. The summed E-state index contributed by atoms with van der Waals surface area (Å²) in [6.07, 6.45) is 8.04. The molecular weight excluding hydrogens is 330 g/mol. The van der Waals surface area contributed by atoms with E-state index in [0.29, 0.717) is 18.4 Å². The summed E-state index contributed by atoms with van der Waals surface area (Å²) in [7, 11) is 3.47. The van der Waals surface area contributed by atoms with Gasteiger partial charge in [-0.2, -0.15) is 0 Å². The Kier molecular flexibility index (Phi) is 8.18. The Labute approximate surface area is 156 Å². The standard InChI is InChI=1S/C19H31N5O2/c1-4-20-19(23-14-18(25)24(2)3)22-13-15-10-11-21-17(12-15)26-16-8-6-5-7-9-16/h10-12,16H,4-9,13-14H2,1-3H3,(H2,20,22,23). The van der Waals surface area contributed by atoms with Crippen molar-refractivity contribution in [3.8, 4) is 5.88 Å². The molecule has 2 N–H and O–H groups in total. The maximum Gasteiger partial charge on any atom is 0.241 e. The molecular formula is C19H31N5O2. The lowest BCUT2D eigenvalue weighted by atomic mass is 9.98. The van der Waals surface area contributed by atoms with Crippen LogP contribution in [0.25, 0.3) is 0 Å². The van der Waals surface area contributed by atoms with Crippen LogP contribution in [-0.4, -0.2) is 55.0 Å². The summed E-state index contributed by atoms with van der Waals surface area (Å²) < 4.78 is 6.01. The summed E-state index contributed by atoms with van der Waals surface area (Å²) in [5, 5.41) is 6.20. The van der Waals surface area contributed by atoms with Gasteiger partial charge in [0.05, 0.1) is 13.1 Å². The van der Waals surface area contributed by atoms with Gasteiger partial charge in [-0.15, -0.1) is 0 Å². The average molecular weight is 361 g/mol. The van der Waals surface area contributed by atoms with E-state index in [1.807, 2.05) is 19.1 Å². The molecule has 0 bridgehead atoms. The highest BCUT2D eigenvalue weighted by molar-refractivity contribution is 5.86. The second-order valence-corrected chi connectivity index (χ2v) is 6.72. The number of hydrogen-bond donors (Lipinski definition) is 2. The zero-order valence-corrected chi connectivity index (χ0v) is 16.1. The van der Waals surface area contributed by atoms with E-state index in [4.69, 9.17) is 4.74 Å². The Balaban J connectivity index is 1.92.